The van der Waals surface area contributed by atoms with Crippen LogP contribution in [-0.4, -0.2) is 15.0 Å². The van der Waals surface area contributed by atoms with Crippen LogP contribution in [0.2, 0.25) is 0 Å². The van der Waals surface area contributed by atoms with Gasteiger partial charge in [0.2, 0.25) is 0 Å². The van der Waals surface area contributed by atoms with Gasteiger partial charge in [-0.05, 0) is 6.92 Å². The van der Waals surface area contributed by atoms with Gasteiger partial charge in [0.1, 0.15) is 0 Å². The predicted octanol–water partition coefficient (Wildman–Crippen LogP) is 4.99. The van der Waals surface area contributed by atoms with E-state index >= 15 is 0 Å². The van der Waals surface area contributed by atoms with Gasteiger partial charge < -0.3 is 0 Å². The molecule has 2 aromatic carbocycles. The van der Waals surface area contributed by atoms with E-state index in [9.17, 15) is 0 Å². The molecule has 3 aromatic rings. The molecule has 0 bridgehead atoms. The number of halogens is 2. The van der Waals surface area contributed by atoms with Crippen LogP contribution >= 0.6 is 23.2 Å². The van der Waals surface area contributed by atoms with Crippen LogP contribution in [0.1, 0.15) is 16.2 Å². The summed E-state index contributed by atoms with van der Waals surface area (Å²) < 4.78 is 0. The van der Waals surface area contributed by atoms with Gasteiger partial charge in [-0.2, -0.15) is 0 Å². The molecule has 22 heavy (non-hydrogen) atoms. The lowest BCUT2D eigenvalue weighted by atomic mass is 10.1. The van der Waals surface area contributed by atoms with E-state index in [1.54, 1.807) is 0 Å². The fraction of sp³-hybridized carbons (Fsp3) is 0.118. The zero-order chi connectivity index (χ0) is 15.5. The Balaban J connectivity index is 2.14. The van der Waals surface area contributed by atoms with Crippen LogP contribution in [0.25, 0.3) is 22.8 Å². The van der Waals surface area contributed by atoms with Crippen molar-refractivity contribution in [3.8, 4) is 22.8 Å². The van der Waals surface area contributed by atoms with Gasteiger partial charge in [-0.3, -0.25) is 0 Å². The van der Waals surface area contributed by atoms with E-state index in [-0.39, 0.29) is 0 Å². The molecular formula is C17H13Cl2N3. The van der Waals surface area contributed by atoms with Crippen LogP contribution in [0.5, 0.6) is 0 Å². The van der Waals surface area contributed by atoms with Crippen LogP contribution in [0.3, 0.4) is 0 Å². The molecule has 0 atom stereocenters. The first-order valence-corrected chi connectivity index (χ1v) is 7.67. The van der Waals surface area contributed by atoms with Crippen molar-refractivity contribution in [1.82, 2.24) is 15.0 Å². The monoisotopic (exact) mass is 329 g/mol. The molecule has 0 aliphatic rings. The zero-order valence-corrected chi connectivity index (χ0v) is 13.4. The number of hydrogen-bond donors (Lipinski definition) is 0. The lowest BCUT2D eigenvalue weighted by Gasteiger charge is -2.08. The van der Waals surface area contributed by atoms with Gasteiger partial charge in [-0.1, -0.05) is 83.4 Å². The second-order valence-electron chi connectivity index (χ2n) is 4.87. The SMILES string of the molecule is Cc1ccc(-c2nc(-c3ccccc3)nc(C(Cl)Cl)n2)cc1. The van der Waals surface area contributed by atoms with E-state index in [1.165, 1.54) is 5.56 Å². The highest BCUT2D eigenvalue weighted by Crippen LogP contribution is 2.26. The van der Waals surface area contributed by atoms with Gasteiger partial charge in [0.05, 0.1) is 0 Å². The molecule has 5 heteroatoms. The molecule has 0 aliphatic heterocycles. The summed E-state index contributed by atoms with van der Waals surface area (Å²) in [5, 5.41) is 0. The minimum atomic E-state index is -0.797. The van der Waals surface area contributed by atoms with E-state index in [2.05, 4.69) is 15.0 Å². The Hall–Kier alpha value is -1.97. The molecule has 0 radical (unpaired) electrons. The summed E-state index contributed by atoms with van der Waals surface area (Å²) in [4.78, 5) is 12.5. The Morgan fingerprint density at radius 1 is 0.727 bits per heavy atom. The molecule has 0 saturated heterocycles. The van der Waals surface area contributed by atoms with Crippen LogP contribution in [0.15, 0.2) is 54.6 Å². The number of hydrogen-bond acceptors (Lipinski definition) is 3. The van der Waals surface area contributed by atoms with Gasteiger partial charge in [0.25, 0.3) is 0 Å². The van der Waals surface area contributed by atoms with Gasteiger partial charge >= 0.3 is 0 Å². The molecule has 110 valence electrons. The average molecular weight is 330 g/mol. The summed E-state index contributed by atoms with van der Waals surface area (Å²) >= 11 is 11.9. The highest BCUT2D eigenvalue weighted by Gasteiger charge is 2.14. The summed E-state index contributed by atoms with van der Waals surface area (Å²) in [5.74, 6) is 1.48. The summed E-state index contributed by atoms with van der Waals surface area (Å²) in [6.45, 7) is 2.03. The largest absolute Gasteiger partial charge is 0.210 e. The number of benzene rings is 2. The normalized spacial score (nSPS) is 10.9. The standard InChI is InChI=1S/C17H13Cl2N3/c1-11-7-9-13(10-8-11)16-20-15(12-5-3-2-4-6-12)21-17(22-16)14(18)19/h2-10,14H,1H3. The molecule has 3 rings (SSSR count). The first-order chi connectivity index (χ1) is 10.6. The van der Waals surface area contributed by atoms with Crippen molar-refractivity contribution in [2.24, 2.45) is 0 Å². The minimum Gasteiger partial charge on any atom is -0.210 e. The molecule has 0 saturated carbocycles. The van der Waals surface area contributed by atoms with Crippen molar-refractivity contribution in [3.63, 3.8) is 0 Å². The topological polar surface area (TPSA) is 38.7 Å². The van der Waals surface area contributed by atoms with Crippen molar-refractivity contribution in [2.75, 3.05) is 0 Å². The second kappa shape index (κ2) is 6.42. The van der Waals surface area contributed by atoms with E-state index < -0.39 is 4.84 Å². The van der Waals surface area contributed by atoms with E-state index in [4.69, 9.17) is 23.2 Å². The third-order valence-electron chi connectivity index (χ3n) is 3.19. The van der Waals surface area contributed by atoms with E-state index in [0.29, 0.717) is 17.5 Å². The fourth-order valence-electron chi connectivity index (χ4n) is 2.04. The van der Waals surface area contributed by atoms with Crippen LogP contribution < -0.4 is 0 Å². The first kappa shape index (κ1) is 14.9. The summed E-state index contributed by atoms with van der Waals surface area (Å²) in [6.07, 6.45) is 0. The number of rotatable bonds is 3. The molecule has 3 nitrogen and oxygen atoms in total. The Morgan fingerprint density at radius 2 is 1.27 bits per heavy atom. The third kappa shape index (κ3) is 3.26. The van der Waals surface area contributed by atoms with Crippen LogP contribution in [-0.2, 0) is 0 Å². The molecule has 0 unspecified atom stereocenters. The lowest BCUT2D eigenvalue weighted by Crippen LogP contribution is -2.02. The summed E-state index contributed by atoms with van der Waals surface area (Å²) in [6, 6.07) is 17.7. The number of aromatic nitrogens is 3. The Labute approximate surface area is 139 Å². The van der Waals surface area contributed by atoms with Crippen molar-refractivity contribution >= 4 is 23.2 Å². The maximum atomic E-state index is 5.96. The molecule has 0 fully saturated rings. The Bertz CT molecular complexity index is 772. The fourth-order valence-corrected chi connectivity index (χ4v) is 2.23. The van der Waals surface area contributed by atoms with Gasteiger partial charge in [-0.25, -0.2) is 15.0 Å². The highest BCUT2D eigenvalue weighted by molar-refractivity contribution is 6.43. The summed E-state index contributed by atoms with van der Waals surface area (Å²) in [5.41, 5.74) is 2.97. The minimum absolute atomic E-state index is 0.354. The smallest absolute Gasteiger partial charge is 0.167 e. The third-order valence-corrected chi connectivity index (χ3v) is 3.58. The van der Waals surface area contributed by atoms with Crippen molar-refractivity contribution in [3.05, 3.63) is 66.0 Å². The molecular weight excluding hydrogens is 317 g/mol. The second-order valence-corrected chi connectivity index (χ2v) is 5.97. The zero-order valence-electron chi connectivity index (χ0n) is 11.9. The maximum Gasteiger partial charge on any atom is 0.167 e. The first-order valence-electron chi connectivity index (χ1n) is 6.80. The van der Waals surface area contributed by atoms with E-state index in [1.807, 2.05) is 61.5 Å². The molecule has 0 spiro atoms. The van der Waals surface area contributed by atoms with Gasteiger partial charge in [-0.15, -0.1) is 0 Å². The Kier molecular flexibility index (Phi) is 4.36. The number of nitrogens with zero attached hydrogens (tertiary/aromatic N) is 3. The molecule has 1 heterocycles. The Morgan fingerprint density at radius 3 is 1.82 bits per heavy atom. The molecule has 0 N–H and O–H groups in total. The maximum absolute atomic E-state index is 5.96. The van der Waals surface area contributed by atoms with Crippen LogP contribution in [0, 0.1) is 6.92 Å². The average Bonchev–Trinajstić information content (AvgIpc) is 2.56. The van der Waals surface area contributed by atoms with Crippen molar-refractivity contribution in [1.29, 1.82) is 0 Å². The van der Waals surface area contributed by atoms with Gasteiger partial charge in [0, 0.05) is 11.1 Å². The van der Waals surface area contributed by atoms with Crippen LogP contribution in [0.4, 0.5) is 0 Å². The number of alkyl halides is 2. The summed E-state index contributed by atoms with van der Waals surface area (Å²) in [7, 11) is 0. The van der Waals surface area contributed by atoms with Crippen molar-refractivity contribution in [2.45, 2.75) is 11.8 Å². The highest BCUT2D eigenvalue weighted by atomic mass is 35.5. The molecule has 0 amide bonds. The quantitative estimate of drug-likeness (QED) is 0.635. The molecule has 1 aromatic heterocycles. The van der Waals surface area contributed by atoms with Gasteiger partial charge in [0.15, 0.2) is 22.3 Å². The predicted molar refractivity (Wildman–Crippen MR) is 89.9 cm³/mol. The number of aryl methyl sites for hydroxylation is 1. The lowest BCUT2D eigenvalue weighted by molar-refractivity contribution is 0.963. The van der Waals surface area contributed by atoms with E-state index in [0.717, 1.165) is 11.1 Å². The van der Waals surface area contributed by atoms with Crippen molar-refractivity contribution < 1.29 is 0 Å². The molecule has 0 aliphatic carbocycles.